The second-order valence-corrected chi connectivity index (χ2v) is 3.68. The molecule has 0 amide bonds. The molecule has 1 fully saturated rings. The van der Waals surface area contributed by atoms with Crippen LogP contribution in [0.2, 0.25) is 0 Å². The smallest absolute Gasteiger partial charge is 0.0591 e. The zero-order valence-corrected chi connectivity index (χ0v) is 8.82. The van der Waals surface area contributed by atoms with E-state index in [4.69, 9.17) is 4.74 Å². The molecule has 0 bridgehead atoms. The standard InChI is InChI=1S/C9H19NO.ClH/c1-8(2)7-9-3-5-11-6-4-10-9;/h8-10H,3-7H2,1-2H3;1H. The summed E-state index contributed by atoms with van der Waals surface area (Å²) in [6, 6.07) is 0.692. The fraction of sp³-hybridized carbons (Fsp3) is 1.00. The van der Waals surface area contributed by atoms with Gasteiger partial charge in [-0.25, -0.2) is 0 Å². The van der Waals surface area contributed by atoms with Gasteiger partial charge in [0.2, 0.25) is 0 Å². The lowest BCUT2D eigenvalue weighted by Gasteiger charge is -2.16. The van der Waals surface area contributed by atoms with Gasteiger partial charge in [-0.1, -0.05) is 13.8 Å². The minimum atomic E-state index is 0. The zero-order chi connectivity index (χ0) is 8.10. The van der Waals surface area contributed by atoms with E-state index < -0.39 is 0 Å². The number of hydrogen-bond acceptors (Lipinski definition) is 2. The molecule has 1 atom stereocenters. The number of hydrogen-bond donors (Lipinski definition) is 1. The molecule has 0 aliphatic carbocycles. The average molecular weight is 194 g/mol. The van der Waals surface area contributed by atoms with Gasteiger partial charge in [0, 0.05) is 19.2 Å². The maximum atomic E-state index is 5.34. The number of nitrogens with one attached hydrogen (secondary N) is 1. The Balaban J connectivity index is 0.00000121. The molecule has 1 unspecified atom stereocenters. The fourth-order valence-corrected chi connectivity index (χ4v) is 1.54. The maximum absolute atomic E-state index is 5.34. The van der Waals surface area contributed by atoms with E-state index in [-0.39, 0.29) is 12.4 Å². The second kappa shape index (κ2) is 6.70. The molecule has 12 heavy (non-hydrogen) atoms. The molecule has 1 rings (SSSR count). The molecule has 1 saturated heterocycles. The van der Waals surface area contributed by atoms with Crippen molar-refractivity contribution >= 4 is 12.4 Å². The normalized spacial score (nSPS) is 24.8. The van der Waals surface area contributed by atoms with Crippen molar-refractivity contribution in [2.45, 2.75) is 32.7 Å². The van der Waals surface area contributed by atoms with Crippen LogP contribution in [-0.2, 0) is 4.74 Å². The Labute approximate surface area is 81.5 Å². The molecule has 1 aliphatic rings. The predicted molar refractivity (Wildman–Crippen MR) is 53.9 cm³/mol. The minimum Gasteiger partial charge on any atom is -0.380 e. The molecule has 74 valence electrons. The largest absolute Gasteiger partial charge is 0.380 e. The topological polar surface area (TPSA) is 21.3 Å². The van der Waals surface area contributed by atoms with Crippen LogP contribution < -0.4 is 5.32 Å². The summed E-state index contributed by atoms with van der Waals surface area (Å²) in [4.78, 5) is 0. The lowest BCUT2D eigenvalue weighted by Crippen LogP contribution is -2.30. The van der Waals surface area contributed by atoms with E-state index in [9.17, 15) is 0 Å². The van der Waals surface area contributed by atoms with E-state index in [1.165, 1.54) is 12.8 Å². The maximum Gasteiger partial charge on any atom is 0.0591 e. The van der Waals surface area contributed by atoms with Crippen LogP contribution in [-0.4, -0.2) is 25.8 Å². The summed E-state index contributed by atoms with van der Waals surface area (Å²) < 4.78 is 5.34. The van der Waals surface area contributed by atoms with Gasteiger partial charge in [-0.15, -0.1) is 12.4 Å². The summed E-state index contributed by atoms with van der Waals surface area (Å²) >= 11 is 0. The highest BCUT2D eigenvalue weighted by Gasteiger charge is 2.12. The minimum absolute atomic E-state index is 0. The molecule has 0 spiro atoms. The van der Waals surface area contributed by atoms with Crippen LogP contribution in [0.1, 0.15) is 26.7 Å². The van der Waals surface area contributed by atoms with Crippen molar-refractivity contribution in [1.29, 1.82) is 0 Å². The molecular weight excluding hydrogens is 174 g/mol. The van der Waals surface area contributed by atoms with Gasteiger partial charge < -0.3 is 10.1 Å². The highest BCUT2D eigenvalue weighted by Crippen LogP contribution is 2.09. The monoisotopic (exact) mass is 193 g/mol. The van der Waals surface area contributed by atoms with Crippen molar-refractivity contribution in [3.05, 3.63) is 0 Å². The Morgan fingerprint density at radius 2 is 2.17 bits per heavy atom. The van der Waals surface area contributed by atoms with Gasteiger partial charge in [-0.2, -0.15) is 0 Å². The highest BCUT2D eigenvalue weighted by molar-refractivity contribution is 5.85. The van der Waals surface area contributed by atoms with Gasteiger partial charge in [-0.3, -0.25) is 0 Å². The zero-order valence-electron chi connectivity index (χ0n) is 8.01. The van der Waals surface area contributed by atoms with E-state index in [2.05, 4.69) is 19.2 Å². The Morgan fingerprint density at radius 3 is 2.83 bits per heavy atom. The summed E-state index contributed by atoms with van der Waals surface area (Å²) in [7, 11) is 0. The van der Waals surface area contributed by atoms with Gasteiger partial charge in [0.25, 0.3) is 0 Å². The van der Waals surface area contributed by atoms with Crippen molar-refractivity contribution in [2.75, 3.05) is 19.8 Å². The van der Waals surface area contributed by atoms with Gasteiger partial charge in [-0.05, 0) is 18.8 Å². The third-order valence-corrected chi connectivity index (χ3v) is 2.05. The summed E-state index contributed by atoms with van der Waals surface area (Å²) in [5.74, 6) is 0.797. The fourth-order valence-electron chi connectivity index (χ4n) is 1.54. The number of ether oxygens (including phenoxy) is 1. The van der Waals surface area contributed by atoms with Crippen molar-refractivity contribution < 1.29 is 4.74 Å². The summed E-state index contributed by atoms with van der Waals surface area (Å²) in [6.07, 6.45) is 2.46. The predicted octanol–water partition coefficient (Wildman–Crippen LogP) is 1.83. The Kier molecular flexibility index (Phi) is 6.81. The van der Waals surface area contributed by atoms with Crippen LogP contribution in [0.5, 0.6) is 0 Å². The quantitative estimate of drug-likeness (QED) is 0.723. The number of halogens is 1. The molecule has 1 heterocycles. The van der Waals surface area contributed by atoms with E-state index >= 15 is 0 Å². The van der Waals surface area contributed by atoms with E-state index in [0.29, 0.717) is 6.04 Å². The molecule has 0 aromatic carbocycles. The van der Waals surface area contributed by atoms with E-state index in [0.717, 1.165) is 25.7 Å². The Bertz CT molecular complexity index is 101. The Hall–Kier alpha value is 0.210. The van der Waals surface area contributed by atoms with Crippen molar-refractivity contribution in [3.63, 3.8) is 0 Å². The third-order valence-electron chi connectivity index (χ3n) is 2.05. The lowest BCUT2D eigenvalue weighted by atomic mass is 10.0. The Morgan fingerprint density at radius 1 is 1.42 bits per heavy atom. The molecule has 0 aromatic rings. The molecule has 1 N–H and O–H groups in total. The molecule has 2 nitrogen and oxygen atoms in total. The van der Waals surface area contributed by atoms with E-state index in [1.54, 1.807) is 0 Å². The van der Waals surface area contributed by atoms with Gasteiger partial charge in [0.05, 0.1) is 6.61 Å². The van der Waals surface area contributed by atoms with Crippen LogP contribution in [0.15, 0.2) is 0 Å². The first kappa shape index (κ1) is 12.2. The second-order valence-electron chi connectivity index (χ2n) is 3.68. The molecule has 0 saturated carbocycles. The summed E-state index contributed by atoms with van der Waals surface area (Å²) in [5, 5.41) is 3.49. The number of rotatable bonds is 2. The first-order chi connectivity index (χ1) is 5.29. The first-order valence-corrected chi connectivity index (χ1v) is 4.60. The molecule has 0 radical (unpaired) electrons. The van der Waals surface area contributed by atoms with Crippen LogP contribution in [0.4, 0.5) is 0 Å². The van der Waals surface area contributed by atoms with Gasteiger partial charge >= 0.3 is 0 Å². The third kappa shape index (κ3) is 4.96. The van der Waals surface area contributed by atoms with Crippen LogP contribution in [0.25, 0.3) is 0 Å². The highest BCUT2D eigenvalue weighted by atomic mass is 35.5. The molecule has 1 aliphatic heterocycles. The van der Waals surface area contributed by atoms with Crippen molar-refractivity contribution in [1.82, 2.24) is 5.32 Å². The van der Waals surface area contributed by atoms with Gasteiger partial charge in [0.15, 0.2) is 0 Å². The van der Waals surface area contributed by atoms with Crippen LogP contribution >= 0.6 is 12.4 Å². The summed E-state index contributed by atoms with van der Waals surface area (Å²) in [6.45, 7) is 7.39. The first-order valence-electron chi connectivity index (χ1n) is 4.60. The molecular formula is C9H20ClNO. The SMILES string of the molecule is CC(C)CC1CCOCCN1.Cl. The van der Waals surface area contributed by atoms with E-state index in [1.807, 2.05) is 0 Å². The van der Waals surface area contributed by atoms with Crippen LogP contribution in [0, 0.1) is 5.92 Å². The van der Waals surface area contributed by atoms with Crippen molar-refractivity contribution in [3.8, 4) is 0 Å². The van der Waals surface area contributed by atoms with Gasteiger partial charge in [0.1, 0.15) is 0 Å². The van der Waals surface area contributed by atoms with Crippen molar-refractivity contribution in [2.24, 2.45) is 5.92 Å². The lowest BCUT2D eigenvalue weighted by molar-refractivity contribution is 0.149. The molecule has 3 heteroatoms. The van der Waals surface area contributed by atoms with Crippen LogP contribution in [0.3, 0.4) is 0 Å². The molecule has 0 aromatic heterocycles. The average Bonchev–Trinajstić information content (AvgIpc) is 2.14. The summed E-state index contributed by atoms with van der Waals surface area (Å²) in [5.41, 5.74) is 0.